The van der Waals surface area contributed by atoms with Crippen LogP contribution in [-0.2, 0) is 9.59 Å². The van der Waals surface area contributed by atoms with Crippen molar-refractivity contribution >= 4 is 34.8 Å². The highest BCUT2D eigenvalue weighted by atomic mass is 16.5. The van der Waals surface area contributed by atoms with Crippen molar-refractivity contribution in [1.82, 2.24) is 15.1 Å². The van der Waals surface area contributed by atoms with Crippen LogP contribution in [-0.4, -0.2) is 85.7 Å². The Hall–Kier alpha value is -3.76. The average molecular weight is 549 g/mol. The van der Waals surface area contributed by atoms with Crippen molar-refractivity contribution in [3.63, 3.8) is 0 Å². The van der Waals surface area contributed by atoms with E-state index in [4.69, 9.17) is 9.47 Å². The summed E-state index contributed by atoms with van der Waals surface area (Å²) in [6.07, 6.45) is 3.94. The number of ether oxygens (including phenoxy) is 2. The van der Waals surface area contributed by atoms with Crippen molar-refractivity contribution in [2.24, 2.45) is 0 Å². The summed E-state index contributed by atoms with van der Waals surface area (Å²) in [5.41, 5.74) is 1.46. The molecule has 2 aromatic rings. The molecule has 2 N–H and O–H groups in total. The molecule has 0 aromatic heterocycles. The first kappa shape index (κ1) is 27.8. The zero-order valence-corrected chi connectivity index (χ0v) is 23.0. The van der Waals surface area contributed by atoms with E-state index in [-0.39, 0.29) is 42.0 Å². The van der Waals surface area contributed by atoms with Gasteiger partial charge in [-0.05, 0) is 63.7 Å². The van der Waals surface area contributed by atoms with Gasteiger partial charge in [0.15, 0.2) is 5.78 Å². The summed E-state index contributed by atoms with van der Waals surface area (Å²) in [6.45, 7) is 3.67. The molecule has 2 aliphatic heterocycles. The monoisotopic (exact) mass is 548 g/mol. The number of methoxy groups -OCH3 is 1. The number of Topliss-reactive ketones (excluding diaryl/α,β-unsaturated/α-hetero) is 2. The van der Waals surface area contributed by atoms with E-state index in [1.165, 1.54) is 19.3 Å². The van der Waals surface area contributed by atoms with Gasteiger partial charge in [0.25, 0.3) is 11.8 Å². The number of hydrogen-bond donors (Lipinski definition) is 2. The predicted octanol–water partition coefficient (Wildman–Crippen LogP) is 3.18. The van der Waals surface area contributed by atoms with Crippen molar-refractivity contribution in [2.75, 3.05) is 45.7 Å². The lowest BCUT2D eigenvalue weighted by atomic mass is 10.1. The number of likely N-dealkylation sites (N-methyl/N-ethyl adjacent to an activating group) is 1. The molecule has 2 fully saturated rings. The fraction of sp³-hybridized carbons (Fsp3) is 0.467. The number of nitrogens with one attached hydrogen (secondary N) is 2. The molecule has 0 radical (unpaired) electrons. The summed E-state index contributed by atoms with van der Waals surface area (Å²) in [5.74, 6) is -0.265. The smallest absolute Gasteiger partial charge is 0.264 e. The Morgan fingerprint density at radius 3 is 2.50 bits per heavy atom. The number of hydrogen-bond acceptors (Lipinski definition) is 9. The SMILES string of the molecule is CNC1CC(=O)C(N2C(=O)c3cccc(Nc4ccc(OCCN5CCCCC5)cc4OC)c3C2=O)CCC1=O. The molecule has 40 heavy (non-hydrogen) atoms. The van der Waals surface area contributed by atoms with E-state index < -0.39 is 23.9 Å². The molecule has 5 rings (SSSR count). The minimum Gasteiger partial charge on any atom is -0.494 e. The highest BCUT2D eigenvalue weighted by Crippen LogP contribution is 2.37. The summed E-state index contributed by atoms with van der Waals surface area (Å²) >= 11 is 0. The van der Waals surface area contributed by atoms with Gasteiger partial charge in [-0.15, -0.1) is 0 Å². The second-order valence-electron chi connectivity index (χ2n) is 10.5. The van der Waals surface area contributed by atoms with Crippen molar-refractivity contribution < 1.29 is 28.7 Å². The molecular formula is C30H36N4O6. The number of anilines is 2. The first-order chi connectivity index (χ1) is 19.4. The molecule has 10 nitrogen and oxygen atoms in total. The predicted molar refractivity (Wildman–Crippen MR) is 150 cm³/mol. The fourth-order valence-electron chi connectivity index (χ4n) is 5.78. The standard InChI is InChI=1S/C30H36N4O6/c1-31-23-18-26(36)24(11-12-25(23)35)34-29(37)20-7-6-8-22(28(20)30(34)38)32-21-10-9-19(17-27(21)39-2)40-16-15-33-13-4-3-5-14-33/h6-10,17,23-24,31-32H,3-5,11-16,18H2,1-2H3. The van der Waals surface area contributed by atoms with E-state index in [9.17, 15) is 19.2 Å². The topological polar surface area (TPSA) is 117 Å². The number of carbonyl (C=O) groups is 4. The highest BCUT2D eigenvalue weighted by molar-refractivity contribution is 6.25. The minimum absolute atomic E-state index is 0.0534. The number of piperidine rings is 1. The summed E-state index contributed by atoms with van der Waals surface area (Å²) in [7, 11) is 3.18. The van der Waals surface area contributed by atoms with Gasteiger partial charge in [-0.25, -0.2) is 0 Å². The maximum Gasteiger partial charge on any atom is 0.264 e. The van der Waals surface area contributed by atoms with Crippen LogP contribution in [0.15, 0.2) is 36.4 Å². The van der Waals surface area contributed by atoms with E-state index >= 15 is 0 Å². The van der Waals surface area contributed by atoms with Crippen molar-refractivity contribution in [1.29, 1.82) is 0 Å². The molecule has 2 amide bonds. The van der Waals surface area contributed by atoms with Crippen LogP contribution in [0.3, 0.4) is 0 Å². The number of benzene rings is 2. The number of nitrogens with zero attached hydrogens (tertiary/aromatic N) is 2. The van der Waals surface area contributed by atoms with E-state index in [1.807, 2.05) is 12.1 Å². The Kier molecular flexibility index (Phi) is 8.46. The van der Waals surface area contributed by atoms with Gasteiger partial charge in [0.2, 0.25) is 0 Å². The molecule has 2 aromatic carbocycles. The summed E-state index contributed by atoms with van der Waals surface area (Å²) in [4.78, 5) is 55.8. The number of imide groups is 1. The molecular weight excluding hydrogens is 512 g/mol. The Labute approximate surface area is 234 Å². The van der Waals surface area contributed by atoms with Crippen LogP contribution in [0.4, 0.5) is 11.4 Å². The fourth-order valence-corrected chi connectivity index (χ4v) is 5.78. The Morgan fingerprint density at radius 1 is 0.950 bits per heavy atom. The van der Waals surface area contributed by atoms with Gasteiger partial charge in [-0.1, -0.05) is 12.5 Å². The third-order valence-corrected chi connectivity index (χ3v) is 8.00. The maximum absolute atomic E-state index is 13.6. The van der Waals surface area contributed by atoms with E-state index in [0.717, 1.165) is 24.5 Å². The largest absolute Gasteiger partial charge is 0.494 e. The number of amides is 2. The van der Waals surface area contributed by atoms with Crippen LogP contribution < -0.4 is 20.1 Å². The first-order valence-corrected chi connectivity index (χ1v) is 13.9. The van der Waals surface area contributed by atoms with Crippen LogP contribution in [0.1, 0.15) is 59.2 Å². The summed E-state index contributed by atoms with van der Waals surface area (Å²) < 4.78 is 11.6. The van der Waals surface area contributed by atoms with Crippen LogP contribution in [0.2, 0.25) is 0 Å². The zero-order valence-electron chi connectivity index (χ0n) is 23.0. The molecule has 1 saturated carbocycles. The number of fused-ring (bicyclic) bond motifs is 1. The summed E-state index contributed by atoms with van der Waals surface area (Å²) in [6, 6.07) is 8.85. The lowest BCUT2D eigenvalue weighted by Gasteiger charge is -2.26. The Bertz CT molecular complexity index is 1310. The quantitative estimate of drug-likeness (QED) is 0.360. The van der Waals surface area contributed by atoms with Gasteiger partial charge in [-0.3, -0.25) is 29.0 Å². The van der Waals surface area contributed by atoms with E-state index in [0.29, 0.717) is 29.5 Å². The van der Waals surface area contributed by atoms with Gasteiger partial charge in [-0.2, -0.15) is 0 Å². The number of carbonyl (C=O) groups excluding carboxylic acids is 4. The second kappa shape index (κ2) is 12.2. The molecule has 2 unspecified atom stereocenters. The van der Waals surface area contributed by atoms with Gasteiger partial charge in [0.05, 0.1) is 41.7 Å². The molecule has 10 heteroatoms. The average Bonchev–Trinajstić information content (AvgIpc) is 3.13. The summed E-state index contributed by atoms with van der Waals surface area (Å²) in [5, 5.41) is 6.10. The first-order valence-electron chi connectivity index (χ1n) is 13.9. The number of rotatable bonds is 9. The Morgan fingerprint density at radius 2 is 1.75 bits per heavy atom. The van der Waals surface area contributed by atoms with Gasteiger partial charge >= 0.3 is 0 Å². The van der Waals surface area contributed by atoms with Crippen LogP contribution in [0.5, 0.6) is 11.5 Å². The Balaban J connectivity index is 1.32. The van der Waals surface area contributed by atoms with Crippen LogP contribution in [0.25, 0.3) is 0 Å². The van der Waals surface area contributed by atoms with Crippen LogP contribution >= 0.6 is 0 Å². The highest BCUT2D eigenvalue weighted by Gasteiger charge is 2.45. The molecule has 2 atom stereocenters. The molecule has 0 spiro atoms. The normalized spacial score (nSPS) is 21.8. The minimum atomic E-state index is -0.974. The lowest BCUT2D eigenvalue weighted by Crippen LogP contribution is -2.45. The third-order valence-electron chi connectivity index (χ3n) is 8.00. The molecule has 0 bridgehead atoms. The lowest BCUT2D eigenvalue weighted by molar-refractivity contribution is -0.125. The molecule has 212 valence electrons. The maximum atomic E-state index is 13.6. The van der Waals surface area contributed by atoms with E-state index in [1.54, 1.807) is 38.4 Å². The molecule has 1 aliphatic carbocycles. The molecule has 3 aliphatic rings. The van der Waals surface area contributed by atoms with Gasteiger partial charge in [0.1, 0.15) is 23.9 Å². The van der Waals surface area contributed by atoms with Crippen molar-refractivity contribution in [2.45, 2.75) is 50.6 Å². The van der Waals surface area contributed by atoms with Gasteiger partial charge in [0, 0.05) is 25.5 Å². The van der Waals surface area contributed by atoms with Crippen molar-refractivity contribution in [3.8, 4) is 11.5 Å². The van der Waals surface area contributed by atoms with Gasteiger partial charge < -0.3 is 20.1 Å². The third kappa shape index (κ3) is 5.59. The molecule has 1 saturated heterocycles. The zero-order chi connectivity index (χ0) is 28.2. The van der Waals surface area contributed by atoms with Crippen LogP contribution in [0, 0.1) is 0 Å². The molecule has 2 heterocycles. The number of likely N-dealkylation sites (tertiary alicyclic amines) is 1. The number of ketones is 2. The van der Waals surface area contributed by atoms with Crippen molar-refractivity contribution in [3.05, 3.63) is 47.5 Å². The van der Waals surface area contributed by atoms with E-state index in [2.05, 4.69) is 15.5 Å². The second-order valence-corrected chi connectivity index (χ2v) is 10.5.